The van der Waals surface area contributed by atoms with Crippen molar-refractivity contribution in [3.8, 4) is 23.8 Å². The number of hydrogen-bond acceptors (Lipinski definition) is 4. The van der Waals surface area contributed by atoms with E-state index in [-0.39, 0.29) is 19.2 Å². The van der Waals surface area contributed by atoms with E-state index in [1.54, 1.807) is 12.1 Å². The van der Waals surface area contributed by atoms with Crippen LogP contribution < -0.4 is 9.47 Å². The zero-order valence-electron chi connectivity index (χ0n) is 8.78. The predicted octanol–water partition coefficient (Wildman–Crippen LogP) is 1.11. The van der Waals surface area contributed by atoms with Gasteiger partial charge in [0.15, 0.2) is 11.5 Å². The molecule has 82 valence electrons. The highest BCUT2D eigenvalue weighted by molar-refractivity contribution is 5.74. The fourth-order valence-corrected chi connectivity index (χ4v) is 1.49. The van der Waals surface area contributed by atoms with Crippen LogP contribution in [-0.2, 0) is 16.0 Å². The fraction of sp³-hybridized carbons (Fsp3) is 0.250. The number of esters is 1. The van der Waals surface area contributed by atoms with Crippen LogP contribution in [0.1, 0.15) is 11.1 Å². The highest BCUT2D eigenvalue weighted by atomic mass is 16.7. The Bertz CT molecular complexity index is 471. The van der Waals surface area contributed by atoms with E-state index in [1.807, 2.05) is 0 Å². The molecule has 0 aromatic heterocycles. The van der Waals surface area contributed by atoms with Crippen LogP contribution in [-0.4, -0.2) is 19.9 Å². The first kappa shape index (κ1) is 10.4. The van der Waals surface area contributed by atoms with Crippen LogP contribution in [0.15, 0.2) is 12.1 Å². The maximum atomic E-state index is 11.2. The maximum absolute atomic E-state index is 11.2. The summed E-state index contributed by atoms with van der Waals surface area (Å²) in [5, 5.41) is 0. The highest BCUT2D eigenvalue weighted by Gasteiger charge is 2.17. The van der Waals surface area contributed by atoms with Crippen LogP contribution in [0.25, 0.3) is 0 Å². The number of ether oxygens (including phenoxy) is 3. The van der Waals surface area contributed by atoms with Gasteiger partial charge in [0.05, 0.1) is 13.5 Å². The zero-order chi connectivity index (χ0) is 11.5. The largest absolute Gasteiger partial charge is 0.469 e. The van der Waals surface area contributed by atoms with Gasteiger partial charge in [0.1, 0.15) is 0 Å². The molecule has 0 atom stereocenters. The molecule has 0 saturated carbocycles. The fourth-order valence-electron chi connectivity index (χ4n) is 1.49. The summed E-state index contributed by atoms with van der Waals surface area (Å²) in [7, 11) is 1.34. The third-order valence-corrected chi connectivity index (χ3v) is 2.32. The molecule has 0 bridgehead atoms. The van der Waals surface area contributed by atoms with Crippen molar-refractivity contribution in [2.24, 2.45) is 0 Å². The second-order valence-corrected chi connectivity index (χ2v) is 3.26. The van der Waals surface area contributed by atoms with Crippen LogP contribution in [0.2, 0.25) is 0 Å². The molecule has 1 aromatic carbocycles. The van der Waals surface area contributed by atoms with E-state index in [9.17, 15) is 4.79 Å². The minimum atomic E-state index is -0.338. The normalized spacial score (nSPS) is 12.0. The zero-order valence-corrected chi connectivity index (χ0v) is 8.78. The van der Waals surface area contributed by atoms with E-state index in [1.165, 1.54) is 7.11 Å². The van der Waals surface area contributed by atoms with Crippen LogP contribution in [0, 0.1) is 12.3 Å². The van der Waals surface area contributed by atoms with Crippen molar-refractivity contribution in [2.45, 2.75) is 6.42 Å². The lowest BCUT2D eigenvalue weighted by atomic mass is 10.0. The third-order valence-electron chi connectivity index (χ3n) is 2.32. The molecule has 0 unspecified atom stereocenters. The number of methoxy groups -OCH3 is 1. The first-order valence-corrected chi connectivity index (χ1v) is 4.70. The van der Waals surface area contributed by atoms with E-state index in [0.717, 1.165) is 0 Å². The molecule has 2 rings (SSSR count). The smallest absolute Gasteiger partial charge is 0.310 e. The van der Waals surface area contributed by atoms with Gasteiger partial charge in [0.25, 0.3) is 0 Å². The summed E-state index contributed by atoms with van der Waals surface area (Å²) in [5.41, 5.74) is 1.33. The predicted molar refractivity (Wildman–Crippen MR) is 56.2 cm³/mol. The van der Waals surface area contributed by atoms with Gasteiger partial charge < -0.3 is 14.2 Å². The summed E-state index contributed by atoms with van der Waals surface area (Å²) < 4.78 is 15.0. The number of terminal acetylenes is 1. The Balaban J connectivity index is 2.37. The van der Waals surface area contributed by atoms with Gasteiger partial charge >= 0.3 is 5.97 Å². The van der Waals surface area contributed by atoms with Gasteiger partial charge in [0, 0.05) is 11.6 Å². The van der Waals surface area contributed by atoms with E-state index in [0.29, 0.717) is 22.6 Å². The highest BCUT2D eigenvalue weighted by Crippen LogP contribution is 2.34. The molecule has 16 heavy (non-hydrogen) atoms. The molecular weight excluding hydrogens is 208 g/mol. The molecule has 1 aliphatic rings. The van der Waals surface area contributed by atoms with Gasteiger partial charge in [0.2, 0.25) is 6.79 Å². The van der Waals surface area contributed by atoms with Gasteiger partial charge in [-0.2, -0.15) is 0 Å². The minimum Gasteiger partial charge on any atom is -0.469 e. The Morgan fingerprint density at radius 3 is 2.81 bits per heavy atom. The van der Waals surface area contributed by atoms with Crippen molar-refractivity contribution >= 4 is 5.97 Å². The topological polar surface area (TPSA) is 44.8 Å². The molecular formula is C12H10O4. The van der Waals surface area contributed by atoms with E-state index < -0.39 is 0 Å². The molecule has 1 aliphatic heterocycles. The molecule has 0 fully saturated rings. The first-order chi connectivity index (χ1) is 7.74. The van der Waals surface area contributed by atoms with Crippen LogP contribution >= 0.6 is 0 Å². The summed E-state index contributed by atoms with van der Waals surface area (Å²) in [6.45, 7) is 0.182. The summed E-state index contributed by atoms with van der Waals surface area (Å²) in [6, 6.07) is 3.41. The van der Waals surface area contributed by atoms with Gasteiger partial charge in [-0.15, -0.1) is 6.42 Å². The van der Waals surface area contributed by atoms with Crippen molar-refractivity contribution in [3.05, 3.63) is 23.3 Å². The van der Waals surface area contributed by atoms with E-state index in [2.05, 4.69) is 10.7 Å². The lowest BCUT2D eigenvalue weighted by Gasteiger charge is -2.05. The average molecular weight is 218 g/mol. The monoisotopic (exact) mass is 218 g/mol. The van der Waals surface area contributed by atoms with Crippen molar-refractivity contribution in [1.29, 1.82) is 0 Å². The van der Waals surface area contributed by atoms with Crippen molar-refractivity contribution in [3.63, 3.8) is 0 Å². The van der Waals surface area contributed by atoms with Crippen LogP contribution in [0.5, 0.6) is 11.5 Å². The molecule has 0 amide bonds. The van der Waals surface area contributed by atoms with Crippen LogP contribution in [0.3, 0.4) is 0 Å². The van der Waals surface area contributed by atoms with Crippen molar-refractivity contribution in [1.82, 2.24) is 0 Å². The quantitative estimate of drug-likeness (QED) is 0.551. The number of fused-ring (bicyclic) bond motifs is 1. The van der Waals surface area contributed by atoms with Crippen molar-refractivity contribution in [2.75, 3.05) is 13.9 Å². The molecule has 4 heteroatoms. The summed E-state index contributed by atoms with van der Waals surface area (Å²) in [6.07, 6.45) is 5.50. The SMILES string of the molecule is C#Cc1cc2c(cc1CC(=O)OC)OCO2. The van der Waals surface area contributed by atoms with Gasteiger partial charge in [-0.25, -0.2) is 0 Å². The third kappa shape index (κ3) is 1.80. The second kappa shape index (κ2) is 4.15. The molecule has 0 N–H and O–H groups in total. The van der Waals surface area contributed by atoms with E-state index >= 15 is 0 Å². The number of carbonyl (C=O) groups excluding carboxylic acids is 1. The molecule has 1 aromatic rings. The summed E-state index contributed by atoms with van der Waals surface area (Å²) in [4.78, 5) is 11.2. The molecule has 0 spiro atoms. The van der Waals surface area contributed by atoms with Gasteiger partial charge in [-0.1, -0.05) is 5.92 Å². The Kier molecular flexibility index (Phi) is 2.69. The number of carbonyl (C=O) groups is 1. The molecule has 4 nitrogen and oxygen atoms in total. The van der Waals surface area contributed by atoms with Gasteiger partial charge in [-0.05, 0) is 11.6 Å². The van der Waals surface area contributed by atoms with Crippen LogP contribution in [0.4, 0.5) is 0 Å². The molecule has 0 radical (unpaired) electrons. The van der Waals surface area contributed by atoms with Gasteiger partial charge in [-0.3, -0.25) is 4.79 Å². The van der Waals surface area contributed by atoms with Crippen molar-refractivity contribution < 1.29 is 19.0 Å². The Morgan fingerprint density at radius 2 is 2.19 bits per heavy atom. The number of benzene rings is 1. The maximum Gasteiger partial charge on any atom is 0.310 e. The molecule has 1 heterocycles. The summed E-state index contributed by atoms with van der Waals surface area (Å²) in [5.74, 6) is 3.40. The Hall–Kier alpha value is -2.15. The lowest BCUT2D eigenvalue weighted by molar-refractivity contribution is -0.139. The average Bonchev–Trinajstić information content (AvgIpc) is 2.74. The molecule has 0 saturated heterocycles. The van der Waals surface area contributed by atoms with E-state index in [4.69, 9.17) is 15.9 Å². The molecule has 0 aliphatic carbocycles. The lowest BCUT2D eigenvalue weighted by Crippen LogP contribution is -2.06. The summed E-state index contributed by atoms with van der Waals surface area (Å²) >= 11 is 0. The Labute approximate surface area is 93.1 Å². The number of hydrogen-bond donors (Lipinski definition) is 0. The second-order valence-electron chi connectivity index (χ2n) is 3.26. The number of rotatable bonds is 2. The minimum absolute atomic E-state index is 0.132. The Morgan fingerprint density at radius 1 is 1.50 bits per heavy atom. The standard InChI is InChI=1S/C12H10O4/c1-3-8-4-10-11(16-7-15-10)5-9(8)6-12(13)14-2/h1,4-5H,6-7H2,2H3. The first-order valence-electron chi connectivity index (χ1n) is 4.70.